The van der Waals surface area contributed by atoms with E-state index in [0.717, 1.165) is 12.1 Å². The lowest BCUT2D eigenvalue weighted by atomic mass is 10.1. The molecule has 0 heterocycles. The summed E-state index contributed by atoms with van der Waals surface area (Å²) >= 11 is 1.93. The van der Waals surface area contributed by atoms with E-state index < -0.39 is 27.8 Å². The van der Waals surface area contributed by atoms with Crippen LogP contribution in [0.2, 0.25) is 0 Å². The Hall–Kier alpha value is -2.97. The fourth-order valence-corrected chi connectivity index (χ4v) is 3.72. The Morgan fingerprint density at radius 1 is 1.03 bits per heavy atom. The lowest BCUT2D eigenvalue weighted by Crippen LogP contribution is -2.21. The van der Waals surface area contributed by atoms with Crippen LogP contribution in [-0.4, -0.2) is 14.3 Å². The van der Waals surface area contributed by atoms with E-state index in [1.165, 1.54) is 30.3 Å². The van der Waals surface area contributed by atoms with E-state index in [1.54, 1.807) is 13.0 Å². The van der Waals surface area contributed by atoms with E-state index >= 15 is 0 Å². The molecule has 0 bridgehead atoms. The van der Waals surface area contributed by atoms with Gasteiger partial charge in [0.2, 0.25) is 0 Å². The van der Waals surface area contributed by atoms with E-state index in [1.807, 2.05) is 22.6 Å². The fraction of sp³-hybridized carbons (Fsp3) is 0.0500. The summed E-state index contributed by atoms with van der Waals surface area (Å²) in [5, 5.41) is 7.64. The van der Waals surface area contributed by atoms with E-state index in [4.69, 9.17) is 15.6 Å². The van der Waals surface area contributed by atoms with Crippen LogP contribution in [0.1, 0.15) is 15.9 Å². The highest BCUT2D eigenvalue weighted by Gasteiger charge is 2.20. The second-order valence-electron chi connectivity index (χ2n) is 6.67. The van der Waals surface area contributed by atoms with Gasteiger partial charge < -0.3 is 15.8 Å². The number of carbonyl (C=O) groups excluding carboxylic acids is 1. The lowest BCUT2D eigenvalue weighted by Gasteiger charge is -2.17. The topological polar surface area (TPSA) is 137 Å². The summed E-state index contributed by atoms with van der Waals surface area (Å²) in [6.45, 7) is 1.65. The van der Waals surface area contributed by atoms with Gasteiger partial charge in [-0.25, -0.2) is 13.9 Å². The Balaban J connectivity index is 2.06. The number of benzene rings is 3. The molecule has 12 heteroatoms. The normalized spacial score (nSPS) is 11.2. The maximum atomic E-state index is 14.4. The van der Waals surface area contributed by atoms with Gasteiger partial charge in [0.25, 0.3) is 16.1 Å². The monoisotopic (exact) mass is 574 g/mol. The first-order chi connectivity index (χ1) is 14.9. The van der Waals surface area contributed by atoms with Crippen molar-refractivity contribution in [2.24, 2.45) is 10.9 Å². The smallest absolute Gasteiger partial charge is 0.296 e. The molecule has 0 atom stereocenters. The zero-order valence-electron chi connectivity index (χ0n) is 16.4. The number of ether oxygens (including phenoxy) is 1. The second-order valence-corrected chi connectivity index (χ2v) is 9.21. The molecule has 168 valence electrons. The minimum atomic E-state index is -4.04. The van der Waals surface area contributed by atoms with Crippen molar-refractivity contribution in [1.29, 1.82) is 0 Å². The summed E-state index contributed by atoms with van der Waals surface area (Å²) in [5.74, 6) is -2.49. The number of nitrogens with two attached hydrogens (primary N) is 2. The van der Waals surface area contributed by atoms with Crippen LogP contribution in [0.4, 0.5) is 25.8 Å². The first-order valence-corrected chi connectivity index (χ1v) is 11.5. The zero-order chi connectivity index (χ0) is 23.6. The van der Waals surface area contributed by atoms with Gasteiger partial charge in [0.1, 0.15) is 28.7 Å². The van der Waals surface area contributed by atoms with Gasteiger partial charge in [0, 0.05) is 15.7 Å². The van der Waals surface area contributed by atoms with Crippen molar-refractivity contribution in [3.63, 3.8) is 0 Å². The lowest BCUT2D eigenvalue weighted by molar-refractivity contribution is 0.0999. The van der Waals surface area contributed by atoms with Gasteiger partial charge in [0.05, 0.1) is 17.1 Å². The quantitative estimate of drug-likeness (QED) is 0.315. The SMILES string of the molecule is Cc1ccc(NS(N)(=O)=O)cc1Oc1cc(F)cc(Nc2ccc(I)cc2F)c1C(N)=O. The third kappa shape index (κ3) is 5.83. The molecule has 0 spiro atoms. The van der Waals surface area contributed by atoms with Crippen LogP contribution in [0.3, 0.4) is 0 Å². The van der Waals surface area contributed by atoms with Gasteiger partial charge >= 0.3 is 0 Å². The van der Waals surface area contributed by atoms with Gasteiger partial charge in [-0.15, -0.1) is 0 Å². The number of nitrogens with one attached hydrogen (secondary N) is 2. The highest BCUT2D eigenvalue weighted by molar-refractivity contribution is 14.1. The van der Waals surface area contributed by atoms with Crippen LogP contribution >= 0.6 is 22.6 Å². The molecule has 1 amide bonds. The van der Waals surface area contributed by atoms with Gasteiger partial charge in [-0.2, -0.15) is 8.42 Å². The van der Waals surface area contributed by atoms with Crippen LogP contribution in [0, 0.1) is 22.1 Å². The average Bonchev–Trinajstić information content (AvgIpc) is 2.65. The Kier molecular flexibility index (Phi) is 6.85. The zero-order valence-corrected chi connectivity index (χ0v) is 19.4. The van der Waals surface area contributed by atoms with Gasteiger partial charge in [-0.3, -0.25) is 9.52 Å². The molecule has 0 fully saturated rings. The minimum Gasteiger partial charge on any atom is -0.456 e. The van der Waals surface area contributed by atoms with Crippen LogP contribution in [0.15, 0.2) is 48.5 Å². The molecule has 32 heavy (non-hydrogen) atoms. The van der Waals surface area contributed by atoms with Crippen LogP contribution in [0.25, 0.3) is 0 Å². The Morgan fingerprint density at radius 2 is 1.75 bits per heavy atom. The number of carbonyl (C=O) groups is 1. The molecule has 3 rings (SSSR count). The van der Waals surface area contributed by atoms with Crippen molar-refractivity contribution in [2.75, 3.05) is 10.0 Å². The maximum absolute atomic E-state index is 14.4. The number of rotatable bonds is 7. The number of anilines is 3. The van der Waals surface area contributed by atoms with E-state index in [-0.39, 0.29) is 34.1 Å². The molecule has 0 aliphatic heterocycles. The van der Waals surface area contributed by atoms with Crippen molar-refractivity contribution in [1.82, 2.24) is 0 Å². The third-order valence-corrected chi connectivity index (χ3v) is 5.37. The molecule has 3 aromatic rings. The van der Waals surface area contributed by atoms with Crippen molar-refractivity contribution in [2.45, 2.75) is 6.92 Å². The molecule has 8 nitrogen and oxygen atoms in total. The summed E-state index contributed by atoms with van der Waals surface area (Å²) in [4.78, 5) is 12.2. The molecule has 0 aliphatic carbocycles. The van der Waals surface area contributed by atoms with Crippen LogP contribution < -0.4 is 25.6 Å². The third-order valence-electron chi connectivity index (χ3n) is 4.18. The van der Waals surface area contributed by atoms with E-state index in [0.29, 0.717) is 9.13 Å². The Bertz CT molecular complexity index is 1320. The van der Waals surface area contributed by atoms with Crippen LogP contribution in [0.5, 0.6) is 11.5 Å². The van der Waals surface area contributed by atoms with Gasteiger partial charge in [0.15, 0.2) is 0 Å². The van der Waals surface area contributed by atoms with Crippen molar-refractivity contribution >= 4 is 55.8 Å². The molecule has 0 radical (unpaired) electrons. The highest BCUT2D eigenvalue weighted by Crippen LogP contribution is 2.36. The van der Waals surface area contributed by atoms with Crippen molar-refractivity contribution in [3.8, 4) is 11.5 Å². The molecule has 0 aliphatic rings. The van der Waals surface area contributed by atoms with Gasteiger partial charge in [-0.1, -0.05) is 6.07 Å². The standard InChI is InChI=1S/C20H17F2IN4O4S/c1-10-2-4-13(27-32(25,29)30)9-17(10)31-18-7-11(21)6-16(19(18)20(24)28)26-15-5-3-12(23)8-14(15)22/h2-9,26-27H,1H3,(H2,24,28)(H2,25,29,30). The van der Waals surface area contributed by atoms with Crippen molar-refractivity contribution < 1.29 is 26.7 Å². The number of aryl methyl sites for hydroxylation is 1. The second kappa shape index (κ2) is 9.26. The summed E-state index contributed by atoms with van der Waals surface area (Å²) in [5.41, 5.74) is 5.80. The number of hydrogen-bond acceptors (Lipinski definition) is 5. The number of primary amides is 1. The summed E-state index contributed by atoms with van der Waals surface area (Å²) in [6, 6.07) is 10.5. The minimum absolute atomic E-state index is 0.00000340. The molecular formula is C20H17F2IN4O4S. The summed E-state index contributed by atoms with van der Waals surface area (Å²) in [6.07, 6.45) is 0. The summed E-state index contributed by atoms with van der Waals surface area (Å²) < 4.78 is 59.7. The average molecular weight is 574 g/mol. The van der Waals surface area contributed by atoms with Crippen molar-refractivity contribution in [3.05, 3.63) is 74.9 Å². The molecule has 0 aromatic heterocycles. The van der Waals surface area contributed by atoms with E-state index in [2.05, 4.69) is 10.0 Å². The first kappa shape index (κ1) is 23.7. The molecule has 3 aromatic carbocycles. The van der Waals surface area contributed by atoms with Crippen LogP contribution in [-0.2, 0) is 10.2 Å². The Morgan fingerprint density at radius 3 is 2.38 bits per heavy atom. The molecule has 0 saturated carbocycles. The number of hydrogen-bond donors (Lipinski definition) is 4. The molecule has 0 unspecified atom stereocenters. The fourth-order valence-electron chi connectivity index (χ4n) is 2.81. The van der Waals surface area contributed by atoms with E-state index in [9.17, 15) is 22.0 Å². The molecule has 0 saturated heterocycles. The Labute approximate surface area is 196 Å². The molecular weight excluding hydrogens is 557 g/mol. The number of amides is 1. The summed E-state index contributed by atoms with van der Waals surface area (Å²) in [7, 11) is -4.04. The molecule has 6 N–H and O–H groups in total. The van der Waals surface area contributed by atoms with Gasteiger partial charge in [-0.05, 0) is 65.4 Å². The number of halogens is 3. The highest BCUT2D eigenvalue weighted by atomic mass is 127. The maximum Gasteiger partial charge on any atom is 0.296 e. The predicted molar refractivity (Wildman–Crippen MR) is 125 cm³/mol. The largest absolute Gasteiger partial charge is 0.456 e. The predicted octanol–water partition coefficient (Wildman–Crippen LogP) is 4.13. The first-order valence-electron chi connectivity index (χ1n) is 8.87.